The third-order valence-electron chi connectivity index (χ3n) is 4.29. The molecule has 0 aliphatic heterocycles. The van der Waals surface area contributed by atoms with Crippen LogP contribution in [-0.2, 0) is 0 Å². The Bertz CT molecular complexity index is 1310. The third-order valence-corrected chi connectivity index (χ3v) is 4.93. The highest BCUT2D eigenvalue weighted by Crippen LogP contribution is 2.37. The lowest BCUT2D eigenvalue weighted by molar-refractivity contribution is 0.145. The van der Waals surface area contributed by atoms with Crippen LogP contribution in [0.3, 0.4) is 0 Å². The van der Waals surface area contributed by atoms with Gasteiger partial charge in [0, 0.05) is 17.1 Å². The van der Waals surface area contributed by atoms with E-state index in [0.717, 1.165) is 4.52 Å². The monoisotopic (exact) mass is 421 g/mol. The van der Waals surface area contributed by atoms with Gasteiger partial charge in [-0.15, -0.1) is 0 Å². The lowest BCUT2D eigenvalue weighted by atomic mass is 10.0. The highest BCUT2D eigenvalue weighted by molar-refractivity contribution is 6.33. The lowest BCUT2D eigenvalue weighted by Crippen LogP contribution is -2.00. The molecule has 0 bridgehead atoms. The molecule has 4 rings (SSSR count). The number of benzene rings is 1. The minimum Gasteiger partial charge on any atom is -0.256 e. The second-order valence-corrected chi connectivity index (χ2v) is 6.68. The molecule has 0 aliphatic rings. The summed E-state index contributed by atoms with van der Waals surface area (Å²) in [6.07, 6.45) is -1.48. The summed E-state index contributed by atoms with van der Waals surface area (Å²) in [5.74, 6) is -0.642. The summed E-state index contributed by atoms with van der Waals surface area (Å²) in [4.78, 5) is 8.42. The molecule has 0 fully saturated rings. The van der Waals surface area contributed by atoms with Gasteiger partial charge in [0.15, 0.2) is 5.65 Å². The van der Waals surface area contributed by atoms with Gasteiger partial charge in [-0.3, -0.25) is 4.98 Å². The van der Waals surface area contributed by atoms with E-state index in [-0.39, 0.29) is 21.4 Å². The Labute approximate surface area is 166 Å². The van der Waals surface area contributed by atoms with Gasteiger partial charge < -0.3 is 0 Å². The number of hydrogen-bond acceptors (Lipinski definition) is 4. The van der Waals surface area contributed by atoms with E-state index in [0.29, 0.717) is 27.7 Å². The molecule has 10 heteroatoms. The summed E-state index contributed by atoms with van der Waals surface area (Å²) in [5.41, 5.74) is 0.496. The number of nitrogens with zero attached hydrogens (tertiary/aromatic N) is 5. The first-order valence-corrected chi connectivity index (χ1v) is 8.60. The zero-order valence-corrected chi connectivity index (χ0v) is 15.5. The molecule has 3 aromatic heterocycles. The SMILES string of the molecule is Cc1nc2c(C#N)c(C(F)F)nn2c(Cl)c1-c1ccnc2cc(Cl)c(F)cc12. The quantitative estimate of drug-likeness (QED) is 0.400. The van der Waals surface area contributed by atoms with E-state index in [1.165, 1.54) is 18.3 Å². The first-order chi connectivity index (χ1) is 13.3. The van der Waals surface area contributed by atoms with E-state index in [4.69, 9.17) is 23.2 Å². The van der Waals surface area contributed by atoms with Crippen molar-refractivity contribution in [2.75, 3.05) is 0 Å². The van der Waals surface area contributed by atoms with Gasteiger partial charge in [0.05, 0.1) is 16.2 Å². The van der Waals surface area contributed by atoms with Gasteiger partial charge >= 0.3 is 0 Å². The molecule has 0 unspecified atom stereocenters. The van der Waals surface area contributed by atoms with Crippen LogP contribution < -0.4 is 0 Å². The Kier molecular flexibility index (Phi) is 4.37. The maximum absolute atomic E-state index is 14.0. The standard InChI is InChI=1S/C18H8Cl2F3N5/c1-7-14(8-2-3-25-13-5-11(19)12(21)4-9(8)13)16(20)28-18(26-7)10(6-24)15(27-28)17(22)23/h2-5,17H,1H3. The van der Waals surface area contributed by atoms with Crippen molar-refractivity contribution in [2.24, 2.45) is 0 Å². The Morgan fingerprint density at radius 3 is 2.68 bits per heavy atom. The molecule has 4 aromatic rings. The minimum absolute atomic E-state index is 0.0336. The largest absolute Gasteiger partial charge is 0.283 e. The number of aromatic nitrogens is 4. The Hall–Kier alpha value is -2.89. The van der Waals surface area contributed by atoms with Crippen LogP contribution in [0.4, 0.5) is 13.2 Å². The molecular weight excluding hydrogens is 414 g/mol. The highest BCUT2D eigenvalue weighted by atomic mass is 35.5. The maximum Gasteiger partial charge on any atom is 0.283 e. The number of alkyl halides is 2. The summed E-state index contributed by atoms with van der Waals surface area (Å²) in [6.45, 7) is 1.61. The Morgan fingerprint density at radius 2 is 2.00 bits per heavy atom. The number of fused-ring (bicyclic) bond motifs is 2. The number of pyridine rings is 1. The highest BCUT2D eigenvalue weighted by Gasteiger charge is 2.25. The Morgan fingerprint density at radius 1 is 1.25 bits per heavy atom. The van der Waals surface area contributed by atoms with Gasteiger partial charge in [-0.1, -0.05) is 23.2 Å². The van der Waals surface area contributed by atoms with Gasteiger partial charge in [0.1, 0.15) is 28.3 Å². The molecule has 0 saturated heterocycles. The third kappa shape index (κ3) is 2.66. The summed E-state index contributed by atoms with van der Waals surface area (Å²) in [5, 5.41) is 13.3. The predicted molar refractivity (Wildman–Crippen MR) is 98.1 cm³/mol. The number of hydrogen-bond donors (Lipinski definition) is 0. The van der Waals surface area contributed by atoms with Crippen molar-refractivity contribution in [3.8, 4) is 17.2 Å². The van der Waals surface area contributed by atoms with Crippen molar-refractivity contribution >= 4 is 39.8 Å². The van der Waals surface area contributed by atoms with Crippen LogP contribution >= 0.6 is 23.2 Å². The van der Waals surface area contributed by atoms with Gasteiger partial charge in [0.25, 0.3) is 6.43 Å². The number of nitriles is 1. The van der Waals surface area contributed by atoms with E-state index < -0.39 is 17.9 Å². The number of rotatable bonds is 2. The fraction of sp³-hybridized carbons (Fsp3) is 0.111. The average Bonchev–Trinajstić information content (AvgIpc) is 3.02. The summed E-state index contributed by atoms with van der Waals surface area (Å²) in [7, 11) is 0. The first kappa shape index (κ1) is 18.5. The van der Waals surface area contributed by atoms with E-state index >= 15 is 0 Å². The van der Waals surface area contributed by atoms with Crippen molar-refractivity contribution in [3.63, 3.8) is 0 Å². The maximum atomic E-state index is 14.0. The molecule has 0 atom stereocenters. The minimum atomic E-state index is -2.96. The molecule has 0 spiro atoms. The molecule has 0 saturated carbocycles. The van der Waals surface area contributed by atoms with Crippen molar-refractivity contribution in [3.05, 3.63) is 57.3 Å². The van der Waals surface area contributed by atoms with E-state index in [2.05, 4.69) is 15.1 Å². The van der Waals surface area contributed by atoms with Crippen LogP contribution in [0.1, 0.15) is 23.4 Å². The summed E-state index contributed by atoms with van der Waals surface area (Å²) < 4.78 is 41.5. The molecule has 0 N–H and O–H groups in total. The van der Waals surface area contributed by atoms with Crippen LogP contribution in [0.25, 0.3) is 27.7 Å². The molecule has 1 aromatic carbocycles. The second-order valence-electron chi connectivity index (χ2n) is 5.91. The number of aryl methyl sites for hydroxylation is 1. The summed E-state index contributed by atoms with van der Waals surface area (Å²) in [6, 6.07) is 5.89. The lowest BCUT2D eigenvalue weighted by Gasteiger charge is -2.12. The van der Waals surface area contributed by atoms with Crippen LogP contribution in [0.2, 0.25) is 10.2 Å². The zero-order valence-electron chi connectivity index (χ0n) is 14.0. The Balaban J connectivity index is 2.10. The van der Waals surface area contributed by atoms with Crippen molar-refractivity contribution < 1.29 is 13.2 Å². The first-order valence-electron chi connectivity index (χ1n) is 7.84. The van der Waals surface area contributed by atoms with Gasteiger partial charge in [-0.05, 0) is 30.7 Å². The predicted octanol–water partition coefficient (Wildman–Crippen LogP) is 5.51. The van der Waals surface area contributed by atoms with Gasteiger partial charge in [-0.25, -0.2) is 22.7 Å². The number of halogens is 5. The normalized spacial score (nSPS) is 11.5. The van der Waals surface area contributed by atoms with E-state index in [9.17, 15) is 18.4 Å². The molecule has 28 heavy (non-hydrogen) atoms. The molecule has 0 radical (unpaired) electrons. The zero-order chi connectivity index (χ0) is 20.2. The van der Waals surface area contributed by atoms with Crippen LogP contribution in [0, 0.1) is 24.1 Å². The van der Waals surface area contributed by atoms with Crippen molar-refractivity contribution in [1.82, 2.24) is 19.6 Å². The molecule has 0 amide bonds. The van der Waals surface area contributed by atoms with Crippen molar-refractivity contribution in [2.45, 2.75) is 13.3 Å². The fourth-order valence-electron chi connectivity index (χ4n) is 3.06. The fourth-order valence-corrected chi connectivity index (χ4v) is 3.57. The molecule has 140 valence electrons. The van der Waals surface area contributed by atoms with Crippen LogP contribution in [0.5, 0.6) is 0 Å². The van der Waals surface area contributed by atoms with E-state index in [1.54, 1.807) is 19.1 Å². The van der Waals surface area contributed by atoms with Gasteiger partial charge in [0.2, 0.25) is 0 Å². The molecule has 5 nitrogen and oxygen atoms in total. The van der Waals surface area contributed by atoms with Crippen molar-refractivity contribution in [1.29, 1.82) is 5.26 Å². The van der Waals surface area contributed by atoms with E-state index in [1.807, 2.05) is 0 Å². The van der Waals surface area contributed by atoms with Gasteiger partial charge in [-0.2, -0.15) is 10.4 Å². The molecule has 3 heterocycles. The van der Waals surface area contributed by atoms with Crippen LogP contribution in [0.15, 0.2) is 24.4 Å². The topological polar surface area (TPSA) is 66.9 Å². The smallest absolute Gasteiger partial charge is 0.256 e. The summed E-state index contributed by atoms with van der Waals surface area (Å²) >= 11 is 12.3. The van der Waals surface area contributed by atoms with Crippen LogP contribution in [-0.4, -0.2) is 19.6 Å². The molecular formula is C18H8Cl2F3N5. The second kappa shape index (κ2) is 6.62. The molecule has 0 aliphatic carbocycles. The average molecular weight is 422 g/mol.